The lowest BCUT2D eigenvalue weighted by atomic mass is 10.1. The number of amides is 3. The number of ether oxygens (including phenoxy) is 1. The molecule has 1 aliphatic heterocycles. The van der Waals surface area contributed by atoms with Crippen molar-refractivity contribution >= 4 is 57.4 Å². The molecular weight excluding hydrogens is 589 g/mol. The van der Waals surface area contributed by atoms with Gasteiger partial charge in [-0.1, -0.05) is 18.2 Å². The van der Waals surface area contributed by atoms with Gasteiger partial charge in [-0.2, -0.15) is 0 Å². The van der Waals surface area contributed by atoms with Crippen molar-refractivity contribution in [3.8, 4) is 11.5 Å². The third-order valence-electron chi connectivity index (χ3n) is 5.57. The number of nitro benzene ring substituents is 1. The van der Waals surface area contributed by atoms with Crippen LogP contribution in [0.1, 0.15) is 31.1 Å². The van der Waals surface area contributed by atoms with Crippen LogP contribution in [0.5, 0.6) is 11.5 Å². The molecule has 0 unspecified atom stereocenters. The van der Waals surface area contributed by atoms with E-state index in [4.69, 9.17) is 4.74 Å². The molecule has 0 atom stereocenters. The van der Waals surface area contributed by atoms with Gasteiger partial charge in [0.1, 0.15) is 11.5 Å². The molecule has 182 valence electrons. The van der Waals surface area contributed by atoms with Crippen LogP contribution in [-0.2, 0) is 0 Å². The second kappa shape index (κ2) is 9.82. The van der Waals surface area contributed by atoms with Crippen molar-refractivity contribution in [1.29, 1.82) is 0 Å². The maximum Gasteiger partial charge on any atom is 0.273 e. The molecule has 4 aromatic rings. The molecule has 0 radical (unpaired) electrons. The summed E-state index contributed by atoms with van der Waals surface area (Å²) in [6.45, 7) is 0. The topological polar surface area (TPSA) is 119 Å². The normalized spacial score (nSPS) is 12.3. The van der Waals surface area contributed by atoms with Crippen molar-refractivity contribution < 1.29 is 24.0 Å². The first-order valence-electron chi connectivity index (χ1n) is 10.9. The minimum Gasteiger partial charge on any atom is -0.457 e. The summed E-state index contributed by atoms with van der Waals surface area (Å²) in [5.74, 6) is -1.02. The van der Waals surface area contributed by atoms with E-state index in [-0.39, 0.29) is 45.5 Å². The number of carbonyl (C=O) groups is 3. The molecule has 10 heteroatoms. The van der Waals surface area contributed by atoms with Crippen LogP contribution in [0.25, 0.3) is 0 Å². The quantitative estimate of drug-likeness (QED) is 0.124. The summed E-state index contributed by atoms with van der Waals surface area (Å²) >= 11 is 2.15. The SMILES string of the molecule is O=C(Nc1cccc(I)c1)c1cccc(N2C(=O)c3ccc(Oc4cccc([N+](=O)[O-])c4)cc3C2=O)c1. The van der Waals surface area contributed by atoms with Gasteiger partial charge in [0, 0.05) is 20.9 Å². The number of carbonyl (C=O) groups excluding carboxylic acids is 3. The zero-order chi connectivity index (χ0) is 26.1. The Bertz CT molecular complexity index is 1600. The fraction of sp³-hybridized carbons (Fsp3) is 0. The lowest BCUT2D eigenvalue weighted by Gasteiger charge is -2.15. The van der Waals surface area contributed by atoms with Gasteiger partial charge in [-0.3, -0.25) is 24.5 Å². The van der Waals surface area contributed by atoms with E-state index in [1.54, 1.807) is 30.3 Å². The number of fused-ring (bicyclic) bond motifs is 1. The molecule has 0 saturated heterocycles. The monoisotopic (exact) mass is 605 g/mol. The third kappa shape index (κ3) is 4.91. The number of hydrogen-bond acceptors (Lipinski definition) is 6. The Labute approximate surface area is 224 Å². The van der Waals surface area contributed by atoms with Crippen LogP contribution in [0.15, 0.2) is 91.0 Å². The standard InChI is InChI=1S/C27H16IN3O6/c28-17-5-2-6-18(13-17)29-25(32)16-4-1-7-19(12-16)30-26(33)23-11-10-22(15-24(23)27(30)34)37-21-9-3-8-20(14-21)31(35)36/h1-15H,(H,29,32). The van der Waals surface area contributed by atoms with E-state index in [9.17, 15) is 24.5 Å². The van der Waals surface area contributed by atoms with Crippen LogP contribution in [-0.4, -0.2) is 22.6 Å². The lowest BCUT2D eigenvalue weighted by Crippen LogP contribution is -2.29. The van der Waals surface area contributed by atoms with E-state index in [2.05, 4.69) is 27.9 Å². The van der Waals surface area contributed by atoms with E-state index in [0.29, 0.717) is 5.69 Å². The molecule has 0 saturated carbocycles. The molecule has 3 amide bonds. The molecule has 1 N–H and O–H groups in total. The Kier molecular flexibility index (Phi) is 6.40. The number of non-ortho nitro benzene ring substituents is 1. The summed E-state index contributed by atoms with van der Waals surface area (Å²) in [7, 11) is 0. The number of imide groups is 1. The first-order chi connectivity index (χ1) is 17.8. The number of hydrogen-bond donors (Lipinski definition) is 1. The molecule has 0 bridgehead atoms. The number of nitro groups is 1. The maximum absolute atomic E-state index is 13.2. The van der Waals surface area contributed by atoms with Crippen molar-refractivity contribution in [3.05, 3.63) is 121 Å². The van der Waals surface area contributed by atoms with Gasteiger partial charge in [-0.05, 0) is 83.3 Å². The summed E-state index contributed by atoms with van der Waals surface area (Å²) in [4.78, 5) is 50.6. The highest BCUT2D eigenvalue weighted by Crippen LogP contribution is 2.33. The Morgan fingerprint density at radius 3 is 2.35 bits per heavy atom. The van der Waals surface area contributed by atoms with E-state index < -0.39 is 16.7 Å². The van der Waals surface area contributed by atoms with Crippen LogP contribution >= 0.6 is 22.6 Å². The van der Waals surface area contributed by atoms with E-state index in [0.717, 1.165) is 8.47 Å². The Balaban J connectivity index is 1.38. The summed E-state index contributed by atoms with van der Waals surface area (Å²) in [5.41, 5.74) is 1.33. The van der Waals surface area contributed by atoms with Crippen LogP contribution in [0.4, 0.5) is 17.1 Å². The molecule has 0 fully saturated rings. The molecule has 4 aromatic carbocycles. The molecule has 1 aliphatic rings. The average Bonchev–Trinajstić information content (AvgIpc) is 3.13. The molecule has 0 spiro atoms. The summed E-state index contributed by atoms with van der Waals surface area (Å²) < 4.78 is 6.66. The van der Waals surface area contributed by atoms with Gasteiger partial charge in [-0.15, -0.1) is 0 Å². The van der Waals surface area contributed by atoms with Crippen LogP contribution < -0.4 is 15.0 Å². The molecule has 0 aliphatic carbocycles. The minimum absolute atomic E-state index is 0.127. The third-order valence-corrected chi connectivity index (χ3v) is 6.24. The fourth-order valence-corrected chi connectivity index (χ4v) is 4.41. The Morgan fingerprint density at radius 2 is 1.57 bits per heavy atom. The number of halogens is 1. The van der Waals surface area contributed by atoms with Gasteiger partial charge in [0.25, 0.3) is 23.4 Å². The van der Waals surface area contributed by atoms with E-state index >= 15 is 0 Å². The number of anilines is 2. The molecule has 1 heterocycles. The van der Waals surface area contributed by atoms with Crippen molar-refractivity contribution in [2.45, 2.75) is 0 Å². The second-order valence-electron chi connectivity index (χ2n) is 8.02. The zero-order valence-electron chi connectivity index (χ0n) is 18.9. The largest absolute Gasteiger partial charge is 0.457 e. The summed E-state index contributed by atoms with van der Waals surface area (Å²) in [5, 5.41) is 13.8. The second-order valence-corrected chi connectivity index (χ2v) is 9.27. The first kappa shape index (κ1) is 24.1. The number of nitrogens with one attached hydrogen (secondary N) is 1. The number of rotatable bonds is 6. The van der Waals surface area contributed by atoms with Gasteiger partial charge < -0.3 is 10.1 Å². The van der Waals surface area contributed by atoms with Crippen LogP contribution in [0.2, 0.25) is 0 Å². The number of benzene rings is 4. The number of nitrogens with zero attached hydrogens (tertiary/aromatic N) is 2. The van der Waals surface area contributed by atoms with E-state index in [1.165, 1.54) is 42.5 Å². The van der Waals surface area contributed by atoms with Gasteiger partial charge in [0.05, 0.1) is 27.8 Å². The van der Waals surface area contributed by atoms with Gasteiger partial charge in [0.15, 0.2) is 0 Å². The van der Waals surface area contributed by atoms with Gasteiger partial charge in [-0.25, -0.2) is 4.90 Å². The summed E-state index contributed by atoms with van der Waals surface area (Å²) in [6.07, 6.45) is 0. The van der Waals surface area contributed by atoms with Crippen LogP contribution in [0, 0.1) is 13.7 Å². The predicted octanol–water partition coefficient (Wildman–Crippen LogP) is 6.04. The zero-order valence-corrected chi connectivity index (χ0v) is 21.0. The average molecular weight is 605 g/mol. The first-order valence-corrected chi connectivity index (χ1v) is 12.0. The highest BCUT2D eigenvalue weighted by molar-refractivity contribution is 14.1. The minimum atomic E-state index is -0.570. The van der Waals surface area contributed by atoms with Crippen LogP contribution in [0.3, 0.4) is 0 Å². The predicted molar refractivity (Wildman–Crippen MR) is 144 cm³/mol. The van der Waals surface area contributed by atoms with Crippen molar-refractivity contribution in [2.75, 3.05) is 10.2 Å². The van der Waals surface area contributed by atoms with Crippen molar-refractivity contribution in [2.24, 2.45) is 0 Å². The molecule has 9 nitrogen and oxygen atoms in total. The van der Waals surface area contributed by atoms with Gasteiger partial charge in [0.2, 0.25) is 0 Å². The smallest absolute Gasteiger partial charge is 0.273 e. The lowest BCUT2D eigenvalue weighted by molar-refractivity contribution is -0.384. The van der Waals surface area contributed by atoms with Crippen molar-refractivity contribution in [1.82, 2.24) is 0 Å². The summed E-state index contributed by atoms with van der Waals surface area (Å²) in [6, 6.07) is 23.6. The fourth-order valence-electron chi connectivity index (χ4n) is 3.87. The highest BCUT2D eigenvalue weighted by atomic mass is 127. The molecule has 0 aromatic heterocycles. The molecule has 37 heavy (non-hydrogen) atoms. The van der Waals surface area contributed by atoms with E-state index in [1.807, 2.05) is 18.2 Å². The Hall–Kier alpha value is -4.58. The van der Waals surface area contributed by atoms with Gasteiger partial charge >= 0.3 is 0 Å². The van der Waals surface area contributed by atoms with Crippen molar-refractivity contribution in [3.63, 3.8) is 0 Å². The Morgan fingerprint density at radius 1 is 0.838 bits per heavy atom. The maximum atomic E-state index is 13.2. The highest BCUT2D eigenvalue weighted by Gasteiger charge is 2.37. The molecular formula is C27H16IN3O6. The molecule has 5 rings (SSSR count).